The van der Waals surface area contributed by atoms with Gasteiger partial charge in [-0.15, -0.1) is 0 Å². The molecule has 1 atom stereocenters. The lowest BCUT2D eigenvalue weighted by Crippen LogP contribution is -2.44. The number of methoxy groups -OCH3 is 1. The Balaban J connectivity index is 2.55. The van der Waals surface area contributed by atoms with E-state index in [1.54, 1.807) is 0 Å². The lowest BCUT2D eigenvalue weighted by atomic mass is 9.85. The van der Waals surface area contributed by atoms with Crippen LogP contribution in [0.3, 0.4) is 0 Å². The lowest BCUT2D eigenvalue weighted by molar-refractivity contribution is -0.263. The molecule has 0 saturated carbocycles. The zero-order chi connectivity index (χ0) is 22.9. The molecule has 2 N–H and O–H groups in total. The molecule has 2 rings (SSSR count). The molecule has 0 unspecified atom stereocenters. The van der Waals surface area contributed by atoms with Crippen LogP contribution in [0.1, 0.15) is 33.5 Å². The summed E-state index contributed by atoms with van der Waals surface area (Å²) in [6.45, 7) is 1.50. The average Bonchev–Trinajstić information content (AvgIpc) is 2.68. The number of esters is 1. The van der Waals surface area contributed by atoms with Crippen molar-refractivity contribution in [3.8, 4) is 0 Å². The number of hydrogen-bond donors (Lipinski definition) is 2. The quantitative estimate of drug-likeness (QED) is 0.157. The van der Waals surface area contributed by atoms with E-state index in [1.807, 2.05) is 0 Å². The van der Waals surface area contributed by atoms with Crippen LogP contribution in [-0.4, -0.2) is 35.3 Å². The molecule has 0 spiro atoms. The van der Waals surface area contributed by atoms with Gasteiger partial charge in [0.1, 0.15) is 0 Å². The molecule has 0 heterocycles. The maximum atomic E-state index is 13.8. The van der Waals surface area contributed by atoms with E-state index in [0.29, 0.717) is 17.7 Å². The highest BCUT2D eigenvalue weighted by Gasteiger charge is 2.56. The van der Waals surface area contributed by atoms with Crippen LogP contribution in [0, 0.1) is 12.7 Å². The predicted molar refractivity (Wildman–Crippen MR) is 102 cm³/mol. The minimum Gasteiger partial charge on any atom is -0.465 e. The Bertz CT molecular complexity index is 988. The molecule has 162 valence electrons. The van der Waals surface area contributed by atoms with Gasteiger partial charge >= 0.3 is 12.1 Å². The number of benzene rings is 2. The van der Waals surface area contributed by atoms with Crippen molar-refractivity contribution in [2.24, 2.45) is 5.16 Å². The number of rotatable bonds is 5. The first-order valence-corrected chi connectivity index (χ1v) is 8.95. The summed E-state index contributed by atoms with van der Waals surface area (Å²) in [6, 6.07) is 4.99. The highest BCUT2D eigenvalue weighted by Crippen LogP contribution is 2.44. The first-order chi connectivity index (χ1) is 13.9. The Kier molecular flexibility index (Phi) is 7.01. The Morgan fingerprint density at radius 1 is 1.17 bits per heavy atom. The normalized spacial score (nSPS) is 14.4. The van der Waals surface area contributed by atoms with E-state index in [4.69, 9.17) is 23.2 Å². The highest BCUT2D eigenvalue weighted by molar-refractivity contribution is 6.35. The number of carbonyl (C=O) groups is 1. The molecule has 0 radical (unpaired) electrons. The summed E-state index contributed by atoms with van der Waals surface area (Å²) < 4.78 is 59.7. The van der Waals surface area contributed by atoms with Crippen LogP contribution in [0.2, 0.25) is 10.0 Å². The number of aryl methyl sites for hydroxylation is 1. The summed E-state index contributed by atoms with van der Waals surface area (Å²) in [5, 5.41) is 21.3. The van der Waals surface area contributed by atoms with E-state index in [1.165, 1.54) is 32.2 Å². The number of ether oxygens (including phenoxy) is 1. The minimum absolute atomic E-state index is 0.00429. The second-order valence-electron chi connectivity index (χ2n) is 6.36. The van der Waals surface area contributed by atoms with Gasteiger partial charge in [0, 0.05) is 6.42 Å². The Morgan fingerprint density at radius 2 is 1.73 bits per heavy atom. The van der Waals surface area contributed by atoms with E-state index >= 15 is 0 Å². The van der Waals surface area contributed by atoms with Crippen molar-refractivity contribution in [1.29, 1.82) is 0 Å². The molecule has 30 heavy (non-hydrogen) atoms. The van der Waals surface area contributed by atoms with Gasteiger partial charge in [-0.1, -0.05) is 34.4 Å². The molecule has 11 heteroatoms. The molecule has 0 bridgehead atoms. The smallest absolute Gasteiger partial charge is 0.421 e. The standard InChI is InChI=1S/C19H15Cl2F4NO4/c1-9-5-10(3-4-12(9)17(27)30-2)15(26-29)8-18(28,19(23,24)25)11-6-13(20)16(22)14(21)7-11/h3-7,28-29H,8H2,1-2H3/b26-15-/t18-/m0/s1. The fraction of sp³-hybridized carbons (Fsp3) is 0.263. The second kappa shape index (κ2) is 8.79. The molecule has 0 aliphatic rings. The van der Waals surface area contributed by atoms with E-state index in [2.05, 4.69) is 9.89 Å². The number of nitrogens with zero attached hydrogens (tertiary/aromatic N) is 1. The number of alkyl halides is 3. The van der Waals surface area contributed by atoms with Crippen molar-refractivity contribution in [1.82, 2.24) is 0 Å². The lowest BCUT2D eigenvalue weighted by Gasteiger charge is -2.31. The Hall–Kier alpha value is -2.36. The predicted octanol–water partition coefficient (Wildman–Crippen LogP) is 5.25. The van der Waals surface area contributed by atoms with Crippen LogP contribution in [-0.2, 0) is 10.3 Å². The maximum Gasteiger partial charge on any atom is 0.421 e. The first kappa shape index (κ1) is 23.9. The largest absolute Gasteiger partial charge is 0.465 e. The third kappa shape index (κ3) is 4.53. The Labute approximate surface area is 178 Å². The highest BCUT2D eigenvalue weighted by atomic mass is 35.5. The van der Waals surface area contributed by atoms with Crippen molar-refractivity contribution in [2.75, 3.05) is 7.11 Å². The third-order valence-electron chi connectivity index (χ3n) is 4.44. The van der Waals surface area contributed by atoms with Gasteiger partial charge < -0.3 is 15.1 Å². The van der Waals surface area contributed by atoms with Gasteiger partial charge in [0.05, 0.1) is 28.4 Å². The molecule has 0 aromatic heterocycles. The maximum absolute atomic E-state index is 13.8. The third-order valence-corrected chi connectivity index (χ3v) is 4.99. The SMILES string of the molecule is COC(=O)c1ccc(/C(C[C@](O)(c2cc(Cl)c(F)c(Cl)c2)C(F)(F)F)=N\O)cc1C. The van der Waals surface area contributed by atoms with Crippen molar-refractivity contribution in [3.05, 3.63) is 68.4 Å². The van der Waals surface area contributed by atoms with Crippen LogP contribution in [0.15, 0.2) is 35.5 Å². The number of aliphatic hydroxyl groups is 1. The van der Waals surface area contributed by atoms with E-state index < -0.39 is 51.3 Å². The van der Waals surface area contributed by atoms with Crippen molar-refractivity contribution in [2.45, 2.75) is 25.1 Å². The summed E-state index contributed by atoms with van der Waals surface area (Å²) in [5.74, 6) is -1.80. The van der Waals surface area contributed by atoms with E-state index in [0.717, 1.165) is 0 Å². The fourth-order valence-corrected chi connectivity index (χ4v) is 3.27. The molecule has 0 fully saturated rings. The molecule has 2 aromatic carbocycles. The summed E-state index contributed by atoms with van der Waals surface area (Å²) in [5.41, 5.74) is -4.50. The van der Waals surface area contributed by atoms with Crippen LogP contribution in [0.4, 0.5) is 17.6 Å². The zero-order valence-electron chi connectivity index (χ0n) is 15.5. The van der Waals surface area contributed by atoms with Crippen molar-refractivity contribution in [3.63, 3.8) is 0 Å². The van der Waals surface area contributed by atoms with Gasteiger partial charge in [-0.25, -0.2) is 9.18 Å². The minimum atomic E-state index is -5.27. The van der Waals surface area contributed by atoms with Gasteiger partial charge in [-0.2, -0.15) is 13.2 Å². The van der Waals surface area contributed by atoms with Gasteiger partial charge in [0.25, 0.3) is 0 Å². The summed E-state index contributed by atoms with van der Waals surface area (Å²) in [6.07, 6.45) is -6.52. The van der Waals surface area contributed by atoms with Crippen LogP contribution in [0.25, 0.3) is 0 Å². The topological polar surface area (TPSA) is 79.1 Å². The van der Waals surface area contributed by atoms with Crippen LogP contribution in [0.5, 0.6) is 0 Å². The molecule has 0 saturated heterocycles. The number of halogens is 6. The molecule has 5 nitrogen and oxygen atoms in total. The molecular weight excluding hydrogens is 453 g/mol. The molecule has 0 amide bonds. The molecule has 2 aromatic rings. The monoisotopic (exact) mass is 467 g/mol. The molecular formula is C19H15Cl2F4NO4. The second-order valence-corrected chi connectivity index (χ2v) is 7.17. The van der Waals surface area contributed by atoms with E-state index in [9.17, 15) is 32.7 Å². The van der Waals surface area contributed by atoms with Gasteiger partial charge in [0.2, 0.25) is 0 Å². The zero-order valence-corrected chi connectivity index (χ0v) is 17.0. The van der Waals surface area contributed by atoms with Crippen molar-refractivity contribution >= 4 is 34.9 Å². The van der Waals surface area contributed by atoms with Crippen LogP contribution < -0.4 is 0 Å². The van der Waals surface area contributed by atoms with Gasteiger partial charge in [-0.05, 0) is 47.9 Å². The molecule has 0 aliphatic heterocycles. The molecule has 0 aliphatic carbocycles. The first-order valence-electron chi connectivity index (χ1n) is 8.20. The summed E-state index contributed by atoms with van der Waals surface area (Å²) in [4.78, 5) is 11.7. The van der Waals surface area contributed by atoms with Crippen LogP contribution >= 0.6 is 23.2 Å². The van der Waals surface area contributed by atoms with Gasteiger partial charge in [-0.3, -0.25) is 0 Å². The summed E-state index contributed by atoms with van der Waals surface area (Å²) in [7, 11) is 1.17. The van der Waals surface area contributed by atoms with E-state index in [-0.39, 0.29) is 11.1 Å². The van der Waals surface area contributed by atoms with Gasteiger partial charge in [0.15, 0.2) is 11.4 Å². The van der Waals surface area contributed by atoms with Crippen molar-refractivity contribution < 1.29 is 37.4 Å². The number of hydrogen-bond acceptors (Lipinski definition) is 5. The number of carbonyl (C=O) groups excluding carboxylic acids is 1. The Morgan fingerprint density at radius 3 is 2.17 bits per heavy atom. The number of oxime groups is 1. The summed E-state index contributed by atoms with van der Waals surface area (Å²) >= 11 is 11.2. The fourth-order valence-electron chi connectivity index (χ4n) is 2.78. The average molecular weight is 468 g/mol.